The molecule has 0 aliphatic carbocycles. The molecule has 1 N–H and O–H groups in total. The molecule has 0 spiro atoms. The Kier molecular flexibility index (Phi) is 8.88. The van der Waals surface area contributed by atoms with Crippen LogP contribution in [0.5, 0.6) is 0 Å². The van der Waals surface area contributed by atoms with Gasteiger partial charge < -0.3 is 19.7 Å². The SMILES string of the molecule is CCCNC1COCC1C(=O)N(CCOC)C(CC)CC. The Morgan fingerprint density at radius 1 is 1.33 bits per heavy atom. The highest BCUT2D eigenvalue weighted by Crippen LogP contribution is 2.20. The van der Waals surface area contributed by atoms with Crippen LogP contribution in [0, 0.1) is 5.92 Å². The molecule has 0 saturated carbocycles. The van der Waals surface area contributed by atoms with Crippen LogP contribution in [0.3, 0.4) is 0 Å². The van der Waals surface area contributed by atoms with Crippen LogP contribution in [0.25, 0.3) is 0 Å². The first kappa shape index (κ1) is 18.4. The lowest BCUT2D eigenvalue weighted by Gasteiger charge is -2.33. The van der Waals surface area contributed by atoms with Gasteiger partial charge >= 0.3 is 0 Å². The molecule has 21 heavy (non-hydrogen) atoms. The van der Waals surface area contributed by atoms with E-state index in [1.807, 2.05) is 4.90 Å². The third-order valence-electron chi connectivity index (χ3n) is 4.26. The lowest BCUT2D eigenvalue weighted by atomic mass is 9.99. The molecule has 1 rings (SSSR count). The molecule has 1 saturated heterocycles. The fourth-order valence-corrected chi connectivity index (χ4v) is 2.93. The van der Waals surface area contributed by atoms with Crippen LogP contribution in [0.4, 0.5) is 0 Å². The van der Waals surface area contributed by atoms with Gasteiger partial charge in [-0.3, -0.25) is 4.79 Å². The number of nitrogens with one attached hydrogen (secondary N) is 1. The Balaban J connectivity index is 2.72. The molecule has 124 valence electrons. The van der Waals surface area contributed by atoms with Crippen molar-refractivity contribution in [2.24, 2.45) is 5.92 Å². The summed E-state index contributed by atoms with van der Waals surface area (Å²) in [7, 11) is 1.68. The molecule has 0 aromatic carbocycles. The highest BCUT2D eigenvalue weighted by molar-refractivity contribution is 5.80. The van der Waals surface area contributed by atoms with Gasteiger partial charge in [-0.25, -0.2) is 0 Å². The molecular formula is C16H32N2O3. The topological polar surface area (TPSA) is 50.8 Å². The number of amides is 1. The van der Waals surface area contributed by atoms with Gasteiger partial charge in [0.05, 0.1) is 25.7 Å². The standard InChI is InChI=1S/C16H32N2O3/c1-5-8-17-15-12-21-11-14(15)16(19)18(9-10-20-4)13(6-2)7-3/h13-15,17H,5-12H2,1-4H3. The van der Waals surface area contributed by atoms with Gasteiger partial charge in [-0.05, 0) is 25.8 Å². The number of hydrogen-bond donors (Lipinski definition) is 1. The monoisotopic (exact) mass is 300 g/mol. The minimum Gasteiger partial charge on any atom is -0.383 e. The van der Waals surface area contributed by atoms with Crippen molar-refractivity contribution in [2.75, 3.05) is 40.0 Å². The summed E-state index contributed by atoms with van der Waals surface area (Å²) in [6, 6.07) is 0.442. The summed E-state index contributed by atoms with van der Waals surface area (Å²) in [6.07, 6.45) is 3.02. The molecule has 2 atom stereocenters. The quantitative estimate of drug-likeness (QED) is 0.667. The molecule has 0 radical (unpaired) electrons. The van der Waals surface area contributed by atoms with Gasteiger partial charge in [0, 0.05) is 25.7 Å². The molecule has 5 nitrogen and oxygen atoms in total. The van der Waals surface area contributed by atoms with Crippen LogP contribution < -0.4 is 5.32 Å². The molecule has 0 aromatic rings. The second-order valence-electron chi connectivity index (χ2n) is 5.70. The summed E-state index contributed by atoms with van der Waals surface area (Å²) in [5.41, 5.74) is 0. The van der Waals surface area contributed by atoms with Crippen molar-refractivity contribution in [3.05, 3.63) is 0 Å². The minimum absolute atomic E-state index is 0.0611. The summed E-state index contributed by atoms with van der Waals surface area (Å²) in [6.45, 7) is 9.76. The van der Waals surface area contributed by atoms with Crippen molar-refractivity contribution >= 4 is 5.91 Å². The third kappa shape index (κ3) is 5.24. The maximum atomic E-state index is 12.9. The highest BCUT2D eigenvalue weighted by atomic mass is 16.5. The zero-order valence-electron chi connectivity index (χ0n) is 14.1. The Morgan fingerprint density at radius 2 is 2.05 bits per heavy atom. The van der Waals surface area contributed by atoms with Gasteiger partial charge in [-0.2, -0.15) is 0 Å². The van der Waals surface area contributed by atoms with Crippen LogP contribution in [-0.2, 0) is 14.3 Å². The van der Waals surface area contributed by atoms with Gasteiger partial charge in [-0.15, -0.1) is 0 Å². The second-order valence-corrected chi connectivity index (χ2v) is 5.70. The van der Waals surface area contributed by atoms with Gasteiger partial charge in [0.15, 0.2) is 0 Å². The predicted molar refractivity (Wildman–Crippen MR) is 84.3 cm³/mol. The summed E-state index contributed by atoms with van der Waals surface area (Å²) in [4.78, 5) is 14.9. The van der Waals surface area contributed by atoms with Crippen molar-refractivity contribution in [3.63, 3.8) is 0 Å². The van der Waals surface area contributed by atoms with Crippen LogP contribution in [0.1, 0.15) is 40.0 Å². The van der Waals surface area contributed by atoms with Crippen molar-refractivity contribution in [1.82, 2.24) is 10.2 Å². The largest absolute Gasteiger partial charge is 0.383 e. The van der Waals surface area contributed by atoms with E-state index in [0.717, 1.165) is 25.8 Å². The number of rotatable bonds is 10. The Labute approximate surface area is 129 Å². The number of hydrogen-bond acceptors (Lipinski definition) is 4. The maximum absolute atomic E-state index is 12.9. The molecule has 2 unspecified atom stereocenters. The van der Waals surface area contributed by atoms with Gasteiger partial charge in [-0.1, -0.05) is 20.8 Å². The summed E-state index contributed by atoms with van der Waals surface area (Å²) in [5, 5.41) is 3.44. The van der Waals surface area contributed by atoms with Crippen molar-refractivity contribution in [1.29, 1.82) is 0 Å². The van der Waals surface area contributed by atoms with E-state index in [0.29, 0.717) is 32.4 Å². The van der Waals surface area contributed by atoms with Crippen molar-refractivity contribution < 1.29 is 14.3 Å². The Morgan fingerprint density at radius 3 is 2.62 bits per heavy atom. The first-order chi connectivity index (χ1) is 10.2. The van der Waals surface area contributed by atoms with E-state index in [4.69, 9.17) is 9.47 Å². The van der Waals surface area contributed by atoms with E-state index < -0.39 is 0 Å². The third-order valence-corrected chi connectivity index (χ3v) is 4.26. The zero-order valence-corrected chi connectivity index (χ0v) is 14.1. The highest BCUT2D eigenvalue weighted by Gasteiger charge is 2.37. The fourth-order valence-electron chi connectivity index (χ4n) is 2.93. The number of ether oxygens (including phenoxy) is 2. The predicted octanol–water partition coefficient (Wildman–Crippen LogP) is 1.66. The summed E-state index contributed by atoms with van der Waals surface area (Å²) < 4.78 is 10.7. The van der Waals surface area contributed by atoms with Gasteiger partial charge in [0.2, 0.25) is 5.91 Å². The maximum Gasteiger partial charge on any atom is 0.230 e. The summed E-state index contributed by atoms with van der Waals surface area (Å²) in [5.74, 6) is 0.154. The van der Waals surface area contributed by atoms with Crippen LogP contribution in [0.15, 0.2) is 0 Å². The van der Waals surface area contributed by atoms with Gasteiger partial charge in [0.25, 0.3) is 0 Å². The molecule has 0 bridgehead atoms. The van der Waals surface area contributed by atoms with E-state index >= 15 is 0 Å². The number of carbonyl (C=O) groups is 1. The molecule has 1 aliphatic rings. The molecule has 0 aromatic heterocycles. The van der Waals surface area contributed by atoms with Crippen LogP contribution in [0.2, 0.25) is 0 Å². The van der Waals surface area contributed by atoms with E-state index in [1.54, 1.807) is 7.11 Å². The molecule has 1 fully saturated rings. The molecule has 1 heterocycles. The lowest BCUT2D eigenvalue weighted by molar-refractivity contribution is -0.139. The van der Waals surface area contributed by atoms with Gasteiger partial charge in [0.1, 0.15) is 0 Å². The molecule has 5 heteroatoms. The first-order valence-corrected chi connectivity index (χ1v) is 8.29. The van der Waals surface area contributed by atoms with Crippen LogP contribution in [-0.4, -0.2) is 62.9 Å². The average Bonchev–Trinajstić information content (AvgIpc) is 2.97. The van der Waals surface area contributed by atoms with E-state index in [-0.39, 0.29) is 17.9 Å². The Bertz CT molecular complexity index is 295. The van der Waals surface area contributed by atoms with Crippen LogP contribution >= 0.6 is 0 Å². The number of methoxy groups -OCH3 is 1. The average molecular weight is 300 g/mol. The number of nitrogens with zero attached hydrogens (tertiary/aromatic N) is 1. The normalized spacial score (nSPS) is 22.0. The lowest BCUT2D eigenvalue weighted by Crippen LogP contribution is -2.50. The zero-order chi connectivity index (χ0) is 15.7. The van der Waals surface area contributed by atoms with E-state index in [2.05, 4.69) is 26.1 Å². The molecule has 1 aliphatic heterocycles. The fraction of sp³-hybridized carbons (Fsp3) is 0.938. The van der Waals surface area contributed by atoms with Crippen molar-refractivity contribution in [3.8, 4) is 0 Å². The molecular weight excluding hydrogens is 268 g/mol. The van der Waals surface area contributed by atoms with E-state index in [9.17, 15) is 4.79 Å². The number of carbonyl (C=O) groups excluding carboxylic acids is 1. The second kappa shape index (κ2) is 10.1. The smallest absolute Gasteiger partial charge is 0.230 e. The summed E-state index contributed by atoms with van der Waals surface area (Å²) >= 11 is 0. The Hall–Kier alpha value is -0.650. The first-order valence-electron chi connectivity index (χ1n) is 8.29. The molecule has 1 amide bonds. The van der Waals surface area contributed by atoms with E-state index in [1.165, 1.54) is 0 Å². The van der Waals surface area contributed by atoms with Crippen molar-refractivity contribution in [2.45, 2.75) is 52.1 Å². The minimum atomic E-state index is -0.0611.